The summed E-state index contributed by atoms with van der Waals surface area (Å²) in [6.45, 7) is 0.523. The van der Waals surface area contributed by atoms with E-state index >= 15 is 0 Å². The number of halogens is 7. The maximum absolute atomic E-state index is 13.0. The van der Waals surface area contributed by atoms with Gasteiger partial charge in [-0.3, -0.25) is 4.57 Å². The molecular weight excluding hydrogens is 548 g/mol. The Morgan fingerprint density at radius 1 is 1.05 bits per heavy atom. The van der Waals surface area contributed by atoms with Crippen LogP contribution in [0.4, 0.5) is 32.3 Å². The minimum Gasteiger partial charge on any atom is -0.389 e. The second kappa shape index (κ2) is 10.9. The highest BCUT2D eigenvalue weighted by Gasteiger charge is 2.39. The van der Waals surface area contributed by atoms with Crippen LogP contribution in [0.15, 0.2) is 29.1 Å². The first-order valence-corrected chi connectivity index (χ1v) is 11.5. The Kier molecular flexibility index (Phi) is 8.48. The summed E-state index contributed by atoms with van der Waals surface area (Å²) in [6, 6.07) is 5.67. The molecule has 0 saturated carbocycles. The van der Waals surface area contributed by atoms with E-state index < -0.39 is 55.8 Å². The van der Waals surface area contributed by atoms with Gasteiger partial charge in [-0.1, -0.05) is 11.6 Å². The van der Waals surface area contributed by atoms with Gasteiger partial charge in [0.2, 0.25) is 5.95 Å². The third-order valence-electron chi connectivity index (χ3n) is 5.05. The molecule has 0 bridgehead atoms. The van der Waals surface area contributed by atoms with E-state index in [1.165, 1.54) is 38.1 Å². The van der Waals surface area contributed by atoms with Crippen LogP contribution in [0.5, 0.6) is 0 Å². The topological polar surface area (TPSA) is 123 Å². The average molecular weight is 572 g/mol. The second-order valence-electron chi connectivity index (χ2n) is 9.04. The van der Waals surface area contributed by atoms with Gasteiger partial charge in [0.25, 0.3) is 0 Å². The molecule has 0 aliphatic rings. The molecule has 0 aliphatic carbocycles. The molecule has 3 N–H and O–H groups in total. The van der Waals surface area contributed by atoms with Gasteiger partial charge in [0.05, 0.1) is 25.1 Å². The van der Waals surface area contributed by atoms with Gasteiger partial charge in [0.1, 0.15) is 6.54 Å². The lowest BCUT2D eigenvalue weighted by atomic mass is 10.1. The van der Waals surface area contributed by atoms with E-state index in [1.54, 1.807) is 0 Å². The number of hydrogen-bond donors (Lipinski definition) is 3. The number of aliphatic hydroxyl groups is 2. The fourth-order valence-corrected chi connectivity index (χ4v) is 3.33. The van der Waals surface area contributed by atoms with Gasteiger partial charge in [0, 0.05) is 17.1 Å². The molecule has 3 rings (SSSR count). The Hall–Kier alpha value is -3.11. The number of aromatic nitrogens is 6. The van der Waals surface area contributed by atoms with Crippen LogP contribution < -0.4 is 11.0 Å². The summed E-state index contributed by atoms with van der Waals surface area (Å²) in [5.41, 5.74) is -2.07. The van der Waals surface area contributed by atoms with Crippen LogP contribution in [0.1, 0.15) is 26.1 Å². The highest BCUT2D eigenvalue weighted by Crippen LogP contribution is 2.25. The maximum atomic E-state index is 13.0. The number of aryl methyl sites for hydroxylation is 1. The Labute approximate surface area is 216 Å². The highest BCUT2D eigenvalue weighted by atomic mass is 35.5. The van der Waals surface area contributed by atoms with Crippen molar-refractivity contribution in [2.24, 2.45) is 0 Å². The smallest absolute Gasteiger partial charge is 0.389 e. The molecule has 3 aromatic rings. The van der Waals surface area contributed by atoms with Crippen LogP contribution >= 0.6 is 11.6 Å². The lowest BCUT2D eigenvalue weighted by molar-refractivity contribution is -0.207. The van der Waals surface area contributed by atoms with Crippen LogP contribution in [0, 0.1) is 0 Å². The molecule has 210 valence electrons. The number of anilines is 1. The number of hydrogen-bond acceptors (Lipinski definition) is 7. The fourth-order valence-electron chi connectivity index (χ4n) is 3.20. The summed E-state index contributed by atoms with van der Waals surface area (Å²) in [5, 5.41) is 30.6. The standard InChI is InChI=1S/C21H24ClF6N7O3/c1-19(2,38)11-29-17-30-15(31-34(17)8-7-20(23,24)25)10-35-18(37)33(9-14(36)21(26,27)28)16(32-35)12-3-5-13(22)6-4-12/h3-6,14,36,38H,7-11H2,1-2H3,(H,29,30,31)/t14-/m0/s1. The van der Waals surface area contributed by atoms with Crippen molar-refractivity contribution in [3.63, 3.8) is 0 Å². The Bertz CT molecular complexity index is 1260. The van der Waals surface area contributed by atoms with E-state index in [4.69, 9.17) is 11.6 Å². The first-order chi connectivity index (χ1) is 17.4. The molecule has 0 aliphatic heterocycles. The molecule has 10 nitrogen and oxygen atoms in total. The van der Waals surface area contributed by atoms with E-state index in [0.717, 1.165) is 9.36 Å². The lowest BCUT2D eigenvalue weighted by Gasteiger charge is -2.18. The molecule has 2 heterocycles. The highest BCUT2D eigenvalue weighted by molar-refractivity contribution is 6.30. The second-order valence-corrected chi connectivity index (χ2v) is 9.48. The van der Waals surface area contributed by atoms with Gasteiger partial charge < -0.3 is 15.5 Å². The van der Waals surface area contributed by atoms with Crippen molar-refractivity contribution in [2.45, 2.75) is 64.0 Å². The predicted molar refractivity (Wildman–Crippen MR) is 124 cm³/mol. The average Bonchev–Trinajstić information content (AvgIpc) is 3.31. The zero-order valence-corrected chi connectivity index (χ0v) is 20.8. The van der Waals surface area contributed by atoms with Crippen LogP contribution in [0.3, 0.4) is 0 Å². The number of benzene rings is 1. The summed E-state index contributed by atoms with van der Waals surface area (Å²) in [4.78, 5) is 17.1. The summed E-state index contributed by atoms with van der Waals surface area (Å²) in [5.74, 6) is -0.507. The van der Waals surface area contributed by atoms with Crippen molar-refractivity contribution in [3.8, 4) is 11.4 Å². The lowest BCUT2D eigenvalue weighted by Crippen LogP contribution is -2.37. The molecule has 17 heteroatoms. The molecule has 1 aromatic carbocycles. The minimum absolute atomic E-state index is 0.0955. The number of rotatable bonds is 10. The summed E-state index contributed by atoms with van der Waals surface area (Å²) < 4.78 is 79.7. The minimum atomic E-state index is -5.02. The van der Waals surface area contributed by atoms with Crippen molar-refractivity contribution < 1.29 is 36.6 Å². The summed E-state index contributed by atoms with van der Waals surface area (Å²) in [6.07, 6.45) is -13.6. The van der Waals surface area contributed by atoms with Crippen LogP contribution in [0.25, 0.3) is 11.4 Å². The Morgan fingerprint density at radius 3 is 2.24 bits per heavy atom. The summed E-state index contributed by atoms with van der Waals surface area (Å²) in [7, 11) is 0. The predicted octanol–water partition coefficient (Wildman–Crippen LogP) is 3.06. The molecule has 0 fully saturated rings. The monoisotopic (exact) mass is 571 g/mol. The van der Waals surface area contributed by atoms with Gasteiger partial charge in [0.15, 0.2) is 17.8 Å². The van der Waals surface area contributed by atoms with E-state index in [2.05, 4.69) is 20.5 Å². The van der Waals surface area contributed by atoms with E-state index in [-0.39, 0.29) is 29.7 Å². The number of aliphatic hydroxyl groups excluding tert-OH is 1. The van der Waals surface area contributed by atoms with Gasteiger partial charge in [-0.25, -0.2) is 14.2 Å². The van der Waals surface area contributed by atoms with Crippen molar-refractivity contribution in [1.82, 2.24) is 29.1 Å². The van der Waals surface area contributed by atoms with Gasteiger partial charge in [-0.05, 0) is 38.1 Å². The van der Waals surface area contributed by atoms with E-state index in [1.807, 2.05) is 0 Å². The molecule has 2 aromatic heterocycles. The molecule has 0 saturated heterocycles. The fraction of sp³-hybridized carbons (Fsp3) is 0.524. The van der Waals surface area contributed by atoms with Gasteiger partial charge >= 0.3 is 18.0 Å². The molecule has 0 radical (unpaired) electrons. The van der Waals surface area contributed by atoms with Crippen molar-refractivity contribution in [3.05, 3.63) is 45.6 Å². The third-order valence-corrected chi connectivity index (χ3v) is 5.30. The quantitative estimate of drug-likeness (QED) is 0.320. The molecule has 0 spiro atoms. The zero-order valence-electron chi connectivity index (χ0n) is 20.1. The third kappa shape index (κ3) is 7.94. The van der Waals surface area contributed by atoms with E-state index in [0.29, 0.717) is 9.59 Å². The molecule has 0 unspecified atom stereocenters. The number of alkyl halides is 6. The van der Waals surface area contributed by atoms with Crippen LogP contribution in [-0.4, -0.2) is 69.9 Å². The first-order valence-electron chi connectivity index (χ1n) is 11.1. The number of nitrogens with one attached hydrogen (secondary N) is 1. The summed E-state index contributed by atoms with van der Waals surface area (Å²) >= 11 is 5.86. The molecular formula is C21H24ClF6N7O3. The first kappa shape index (κ1) is 29.4. The SMILES string of the molecule is CC(C)(O)CNc1nc(Cn2nc(-c3ccc(Cl)cc3)n(C[C@H](O)C(F)(F)F)c2=O)nn1CCC(F)(F)F. The van der Waals surface area contributed by atoms with Crippen LogP contribution in [0.2, 0.25) is 5.02 Å². The zero-order chi connectivity index (χ0) is 28.5. The molecule has 1 atom stereocenters. The Balaban J connectivity index is 1.99. The van der Waals surface area contributed by atoms with Crippen LogP contribution in [-0.2, 0) is 19.6 Å². The normalized spacial score (nSPS) is 13.7. The Morgan fingerprint density at radius 2 is 1.68 bits per heavy atom. The largest absolute Gasteiger partial charge is 0.416 e. The van der Waals surface area contributed by atoms with Gasteiger partial charge in [-0.2, -0.15) is 36.4 Å². The van der Waals surface area contributed by atoms with Gasteiger partial charge in [-0.15, -0.1) is 5.10 Å². The molecule has 0 amide bonds. The van der Waals surface area contributed by atoms with E-state index in [9.17, 15) is 41.4 Å². The number of nitrogens with zero attached hydrogens (tertiary/aromatic N) is 6. The van der Waals surface area contributed by atoms with Crippen molar-refractivity contribution in [2.75, 3.05) is 11.9 Å². The maximum Gasteiger partial charge on any atom is 0.416 e. The van der Waals surface area contributed by atoms with Crippen molar-refractivity contribution >= 4 is 17.5 Å². The van der Waals surface area contributed by atoms with Crippen molar-refractivity contribution in [1.29, 1.82) is 0 Å². The molecule has 38 heavy (non-hydrogen) atoms.